The monoisotopic (exact) mass is 623 g/mol. The molecule has 0 atom stereocenters. The molecule has 0 amide bonds. The van der Waals surface area contributed by atoms with E-state index < -0.39 is 5.60 Å². The smallest absolute Gasteiger partial charge is 0.420 e. The second-order valence-electron chi connectivity index (χ2n) is 13.3. The highest BCUT2D eigenvalue weighted by Crippen LogP contribution is 2.48. The maximum Gasteiger partial charge on any atom is 0.420 e. The molecule has 1 aliphatic rings. The van der Waals surface area contributed by atoms with Gasteiger partial charge >= 0.3 is 6.09 Å². The normalized spacial score (nSPS) is 14.5. The molecule has 8 nitrogen and oxygen atoms in total. The number of fused-ring (bicyclic) bond motifs is 2. The van der Waals surface area contributed by atoms with Crippen molar-refractivity contribution < 1.29 is 14.3 Å². The van der Waals surface area contributed by atoms with E-state index in [1.54, 1.807) is 26.7 Å². The van der Waals surface area contributed by atoms with Crippen LogP contribution in [0.1, 0.15) is 84.4 Å². The van der Waals surface area contributed by atoms with Gasteiger partial charge in [0.05, 0.1) is 12.2 Å². The Kier molecular flexibility index (Phi) is 8.03. The van der Waals surface area contributed by atoms with Gasteiger partial charge in [-0.05, 0) is 81.7 Å². The number of carbonyl (C=O) groups is 2. The molecule has 1 aromatic carbocycles. The molecule has 0 aliphatic carbocycles. The number of aryl methyl sites for hydroxylation is 2. The van der Waals surface area contributed by atoms with Crippen molar-refractivity contribution in [3.05, 3.63) is 81.6 Å². The van der Waals surface area contributed by atoms with Gasteiger partial charge in [-0.3, -0.25) is 9.69 Å². The van der Waals surface area contributed by atoms with Gasteiger partial charge < -0.3 is 4.74 Å². The van der Waals surface area contributed by atoms with Crippen LogP contribution in [0.3, 0.4) is 0 Å². The summed E-state index contributed by atoms with van der Waals surface area (Å²) in [4.78, 5) is 35.7. The van der Waals surface area contributed by atoms with Gasteiger partial charge in [-0.2, -0.15) is 5.10 Å². The Bertz CT molecular complexity index is 1970. The van der Waals surface area contributed by atoms with Crippen LogP contribution in [0.4, 0.5) is 4.79 Å². The molecule has 5 heterocycles. The van der Waals surface area contributed by atoms with Crippen molar-refractivity contribution >= 4 is 44.7 Å². The minimum atomic E-state index is -0.661. The van der Waals surface area contributed by atoms with Crippen LogP contribution < -0.4 is 0 Å². The van der Waals surface area contributed by atoms with E-state index in [1.807, 2.05) is 57.3 Å². The first-order valence-corrected chi connectivity index (χ1v) is 16.4. The van der Waals surface area contributed by atoms with Gasteiger partial charge in [0, 0.05) is 40.7 Å². The highest BCUT2D eigenvalue weighted by molar-refractivity contribution is 7.20. The molecule has 45 heavy (non-hydrogen) atoms. The van der Waals surface area contributed by atoms with Crippen molar-refractivity contribution in [1.29, 1.82) is 0 Å². The van der Waals surface area contributed by atoms with E-state index in [0.717, 1.165) is 62.3 Å². The third kappa shape index (κ3) is 5.64. The number of Topliss-reactive ketones (excluding diaryl/α,β-unsaturated/α-hetero) is 1. The molecule has 1 aliphatic heterocycles. The van der Waals surface area contributed by atoms with Crippen LogP contribution in [0.2, 0.25) is 0 Å². The Morgan fingerprint density at radius 1 is 1.04 bits per heavy atom. The first-order valence-electron chi connectivity index (χ1n) is 15.6. The van der Waals surface area contributed by atoms with E-state index in [9.17, 15) is 9.59 Å². The van der Waals surface area contributed by atoms with Crippen LogP contribution >= 0.6 is 11.3 Å². The predicted molar refractivity (Wildman–Crippen MR) is 182 cm³/mol. The number of nitrogens with zero attached hydrogens (tertiary/aromatic N) is 5. The quantitative estimate of drug-likeness (QED) is 0.177. The third-order valence-corrected chi connectivity index (χ3v) is 10.0. The summed E-state index contributed by atoms with van der Waals surface area (Å²) in [6, 6.07) is 9.49. The molecule has 0 fully saturated rings. The zero-order chi connectivity index (χ0) is 32.2. The Morgan fingerprint density at radius 2 is 1.78 bits per heavy atom. The Labute approximate surface area is 268 Å². The number of thiophene rings is 1. The van der Waals surface area contributed by atoms with E-state index in [0.29, 0.717) is 13.1 Å². The van der Waals surface area contributed by atoms with Gasteiger partial charge in [-0.1, -0.05) is 50.3 Å². The fourth-order valence-corrected chi connectivity index (χ4v) is 7.74. The number of rotatable bonds is 6. The maximum atomic E-state index is 14.1. The van der Waals surface area contributed by atoms with Gasteiger partial charge in [0.25, 0.3) is 0 Å². The first kappa shape index (κ1) is 30.9. The van der Waals surface area contributed by atoms with Gasteiger partial charge in [-0.25, -0.2) is 18.9 Å². The zero-order valence-corrected chi connectivity index (χ0v) is 28.2. The van der Waals surface area contributed by atoms with Crippen LogP contribution in [0.15, 0.2) is 48.9 Å². The zero-order valence-electron chi connectivity index (χ0n) is 27.4. The molecule has 0 bridgehead atoms. The highest BCUT2D eigenvalue weighted by Gasteiger charge is 2.33. The molecule has 0 unspecified atom stereocenters. The van der Waals surface area contributed by atoms with Gasteiger partial charge in [-0.15, -0.1) is 11.3 Å². The first-order chi connectivity index (χ1) is 21.4. The summed E-state index contributed by atoms with van der Waals surface area (Å²) in [5, 5.41) is 5.56. The molecule has 0 spiro atoms. The molecule has 0 saturated heterocycles. The van der Waals surface area contributed by atoms with Crippen LogP contribution in [-0.2, 0) is 4.74 Å². The topological polar surface area (TPSA) is 81.7 Å². The Balaban J connectivity index is 1.47. The molecule has 0 N–H and O–H groups in total. The third-order valence-electron chi connectivity index (χ3n) is 8.66. The maximum absolute atomic E-state index is 14.1. The number of carbonyl (C=O) groups excluding carboxylic acids is 2. The highest BCUT2D eigenvalue weighted by atomic mass is 32.1. The summed E-state index contributed by atoms with van der Waals surface area (Å²) in [6.45, 7) is 18.3. The van der Waals surface area contributed by atoms with Crippen molar-refractivity contribution in [1.82, 2.24) is 24.1 Å². The number of benzene rings is 1. The summed E-state index contributed by atoms with van der Waals surface area (Å²) in [7, 11) is 0. The van der Waals surface area contributed by atoms with Crippen molar-refractivity contribution in [3.63, 3.8) is 0 Å². The number of aromatic nitrogens is 4. The lowest BCUT2D eigenvalue weighted by molar-refractivity contribution is 0.0547. The van der Waals surface area contributed by atoms with Crippen molar-refractivity contribution in [2.75, 3.05) is 19.6 Å². The van der Waals surface area contributed by atoms with Gasteiger partial charge in [0.1, 0.15) is 16.8 Å². The van der Waals surface area contributed by atoms with E-state index in [1.165, 1.54) is 16.0 Å². The average molecular weight is 624 g/mol. The minimum Gasteiger partial charge on any atom is -0.443 e. The molecule has 5 aromatic rings. The number of hydrogen-bond donors (Lipinski definition) is 0. The second kappa shape index (κ2) is 11.7. The van der Waals surface area contributed by atoms with Gasteiger partial charge in [0.2, 0.25) is 0 Å². The standard InChI is InChI=1S/C36H41N5O3S/c1-21(2)29-30-24(5)32(26-14-16-39(17-15-26)19-28(42)25-12-10-9-11-13-25)45-34(30)41(35(43)44-36(6,7)8)31(29)27-18-40-33(37-20-38-40)23(4)22(27)3/h9-14,18,20-21H,15-17,19H2,1-8H3. The molecule has 9 heteroatoms. The number of ketones is 1. The van der Waals surface area contributed by atoms with E-state index in [-0.39, 0.29) is 17.8 Å². The second-order valence-corrected chi connectivity index (χ2v) is 14.3. The number of ether oxygens (including phenoxy) is 1. The summed E-state index contributed by atoms with van der Waals surface area (Å²) in [6.07, 6.45) is 6.25. The largest absolute Gasteiger partial charge is 0.443 e. The van der Waals surface area contributed by atoms with Gasteiger partial charge in [0.15, 0.2) is 11.4 Å². The molecule has 6 rings (SSSR count). The van der Waals surface area contributed by atoms with E-state index in [2.05, 4.69) is 55.7 Å². The molecule has 4 aromatic heterocycles. The molecule has 0 radical (unpaired) electrons. The predicted octanol–water partition coefficient (Wildman–Crippen LogP) is 8.22. The lowest BCUT2D eigenvalue weighted by atomic mass is 9.92. The summed E-state index contributed by atoms with van der Waals surface area (Å²) in [5.74, 6) is 0.277. The molecular weight excluding hydrogens is 582 g/mol. The minimum absolute atomic E-state index is 0.137. The fraction of sp³-hybridized carbons (Fsp3) is 0.389. The SMILES string of the molecule is Cc1c(-c2c(C(C)C)c3c(C)c(C4=CCN(CC(=O)c5ccccc5)CC4)sc3n2C(=O)OC(C)(C)C)cn2ncnc2c1C. The lowest BCUT2D eigenvalue weighted by Crippen LogP contribution is -2.33. The van der Waals surface area contributed by atoms with Crippen LogP contribution in [0.5, 0.6) is 0 Å². The van der Waals surface area contributed by atoms with Crippen LogP contribution in [0.25, 0.3) is 32.7 Å². The van der Waals surface area contributed by atoms with Crippen molar-refractivity contribution in [3.8, 4) is 11.3 Å². The fourth-order valence-electron chi connectivity index (χ4n) is 6.35. The Hall–Kier alpha value is -4.08. The number of pyridine rings is 1. The summed E-state index contributed by atoms with van der Waals surface area (Å²) < 4.78 is 9.65. The average Bonchev–Trinajstić information content (AvgIpc) is 3.68. The Morgan fingerprint density at radius 3 is 2.42 bits per heavy atom. The van der Waals surface area contributed by atoms with E-state index >= 15 is 0 Å². The summed E-state index contributed by atoms with van der Waals surface area (Å²) in [5.41, 5.74) is 8.36. The molecule has 0 saturated carbocycles. The lowest BCUT2D eigenvalue weighted by Gasteiger charge is -2.25. The van der Waals surface area contributed by atoms with Crippen LogP contribution in [-0.4, -0.2) is 61.2 Å². The molecular formula is C36H41N5O3S. The molecule has 234 valence electrons. The van der Waals surface area contributed by atoms with Crippen molar-refractivity contribution in [2.45, 2.75) is 73.3 Å². The van der Waals surface area contributed by atoms with Crippen LogP contribution in [0, 0.1) is 20.8 Å². The summed E-state index contributed by atoms with van der Waals surface area (Å²) >= 11 is 1.66. The van der Waals surface area contributed by atoms with E-state index in [4.69, 9.17) is 4.74 Å². The van der Waals surface area contributed by atoms with Crippen molar-refractivity contribution in [2.24, 2.45) is 0 Å². The number of hydrogen-bond acceptors (Lipinski definition) is 7.